The number of aliphatic carboxylic acids is 4. The van der Waals surface area contributed by atoms with Crippen LogP contribution in [0.3, 0.4) is 0 Å². The number of hydrogen-bond donors (Lipinski definition) is 4. The predicted molar refractivity (Wildman–Crippen MR) is 81.7 cm³/mol. The fourth-order valence-electron chi connectivity index (χ4n) is 8.50. The molecule has 11 unspecified atom stereocenters. The van der Waals surface area contributed by atoms with Crippen LogP contribution in [0.25, 0.3) is 0 Å². The van der Waals surface area contributed by atoms with Crippen LogP contribution in [-0.2, 0) is 19.2 Å². The minimum absolute atomic E-state index is 0.162. The van der Waals surface area contributed by atoms with Crippen molar-refractivity contribution in [2.24, 2.45) is 64.6 Å². The maximum Gasteiger partial charge on any atom is 0.310 e. The van der Waals surface area contributed by atoms with E-state index in [0.717, 1.165) is 0 Å². The molecular weight excluding hydrogens is 344 g/mol. The zero-order chi connectivity index (χ0) is 18.7. The molecule has 0 aliphatic heterocycles. The van der Waals surface area contributed by atoms with Gasteiger partial charge in [0, 0.05) is 0 Å². The van der Waals surface area contributed by atoms with Crippen LogP contribution in [-0.4, -0.2) is 44.3 Å². The van der Waals surface area contributed by atoms with E-state index in [4.69, 9.17) is 0 Å². The Bertz CT molecular complexity index is 752. The largest absolute Gasteiger partial charge is 0.481 e. The van der Waals surface area contributed by atoms with Crippen molar-refractivity contribution < 1.29 is 39.6 Å². The maximum absolute atomic E-state index is 12.4. The highest BCUT2D eigenvalue weighted by Crippen LogP contribution is 2.83. The van der Waals surface area contributed by atoms with Gasteiger partial charge in [-0.2, -0.15) is 0 Å². The van der Waals surface area contributed by atoms with Crippen molar-refractivity contribution in [2.45, 2.75) is 19.3 Å². The third-order valence-corrected chi connectivity index (χ3v) is 8.75. The average molecular weight is 364 g/mol. The first-order chi connectivity index (χ1) is 12.2. The van der Waals surface area contributed by atoms with E-state index in [1.54, 1.807) is 0 Å². The lowest BCUT2D eigenvalue weighted by Crippen LogP contribution is -2.69. The summed E-state index contributed by atoms with van der Waals surface area (Å²) in [7, 11) is 0. The van der Waals surface area contributed by atoms with Gasteiger partial charge in [-0.15, -0.1) is 0 Å². The number of fused-ring (bicyclic) bond motifs is 12. The summed E-state index contributed by atoms with van der Waals surface area (Å²) < 4.78 is 0. The predicted octanol–water partition coefficient (Wildman–Crippen LogP) is 0.712. The molecule has 26 heavy (non-hydrogen) atoms. The lowest BCUT2D eigenvalue weighted by molar-refractivity contribution is -0.229. The van der Waals surface area contributed by atoms with Gasteiger partial charge < -0.3 is 20.4 Å². The standard InChI is InChI=1S/C18H20O8/c19-14(20)6-2-4-1-5(6)12-11-7-3-8(13(11)18(4,12)17(25)26)10(16(23)24)9(7)15(21)22/h4-13H,1-3H2,(H,19,20)(H,21,22)(H,23,24)(H,25,26). The van der Waals surface area contributed by atoms with Gasteiger partial charge in [0.1, 0.15) is 0 Å². The van der Waals surface area contributed by atoms with Crippen molar-refractivity contribution in [2.75, 3.05) is 0 Å². The summed E-state index contributed by atoms with van der Waals surface area (Å²) in [6, 6.07) is 0. The lowest BCUT2D eigenvalue weighted by Gasteiger charge is -2.64. The van der Waals surface area contributed by atoms with Crippen molar-refractivity contribution >= 4 is 23.9 Å². The Morgan fingerprint density at radius 3 is 1.81 bits per heavy atom. The molecular formula is C18H20O8. The lowest BCUT2D eigenvalue weighted by atomic mass is 9.37. The van der Waals surface area contributed by atoms with E-state index >= 15 is 0 Å². The molecule has 0 aromatic rings. The average Bonchev–Trinajstić information content (AvgIpc) is 3.21. The normalized spacial score (nSPS) is 55.1. The molecule has 5 aliphatic carbocycles. The molecule has 11 atom stereocenters. The summed E-state index contributed by atoms with van der Waals surface area (Å²) in [5, 5.41) is 38.8. The SMILES string of the molecule is O=C(O)C1CC2CC1C1C3C4CC(C(C(=O)O)C4C(=O)O)C3C21C(=O)O. The highest BCUT2D eigenvalue weighted by atomic mass is 16.4. The van der Waals surface area contributed by atoms with Crippen LogP contribution in [0.5, 0.6) is 0 Å². The summed E-state index contributed by atoms with van der Waals surface area (Å²) in [5.41, 5.74) is -1.04. The van der Waals surface area contributed by atoms with Crippen LogP contribution >= 0.6 is 0 Å². The van der Waals surface area contributed by atoms with E-state index in [0.29, 0.717) is 19.3 Å². The second kappa shape index (κ2) is 4.58. The summed E-state index contributed by atoms with van der Waals surface area (Å²) >= 11 is 0. The molecule has 0 saturated heterocycles. The van der Waals surface area contributed by atoms with Gasteiger partial charge in [-0.05, 0) is 60.7 Å². The number of carboxylic acids is 4. The van der Waals surface area contributed by atoms with Crippen molar-refractivity contribution in [3.8, 4) is 0 Å². The summed E-state index contributed by atoms with van der Waals surface area (Å²) in [4.78, 5) is 47.4. The van der Waals surface area contributed by atoms with E-state index in [-0.39, 0.29) is 35.5 Å². The molecule has 0 heterocycles. The van der Waals surface area contributed by atoms with Crippen LogP contribution in [0.2, 0.25) is 0 Å². The fourth-order valence-corrected chi connectivity index (χ4v) is 8.50. The van der Waals surface area contributed by atoms with Crippen LogP contribution in [0.15, 0.2) is 0 Å². The van der Waals surface area contributed by atoms with Crippen molar-refractivity contribution in [1.29, 1.82) is 0 Å². The molecule has 140 valence electrons. The van der Waals surface area contributed by atoms with Crippen molar-refractivity contribution in [3.05, 3.63) is 0 Å². The summed E-state index contributed by atoms with van der Waals surface area (Å²) in [6.45, 7) is 0. The molecule has 0 radical (unpaired) electrons. The Balaban J connectivity index is 1.59. The van der Waals surface area contributed by atoms with E-state index in [2.05, 4.69) is 0 Å². The monoisotopic (exact) mass is 364 g/mol. The molecule has 4 N–H and O–H groups in total. The Kier molecular flexibility index (Phi) is 2.84. The molecule has 0 aromatic carbocycles. The number of rotatable bonds is 4. The van der Waals surface area contributed by atoms with Gasteiger partial charge >= 0.3 is 23.9 Å². The molecule has 0 spiro atoms. The van der Waals surface area contributed by atoms with Gasteiger partial charge in [-0.1, -0.05) is 0 Å². The molecule has 0 aromatic heterocycles. The zero-order valence-electron chi connectivity index (χ0n) is 13.8. The quantitative estimate of drug-likeness (QED) is 0.570. The van der Waals surface area contributed by atoms with Gasteiger partial charge in [-0.3, -0.25) is 19.2 Å². The van der Waals surface area contributed by atoms with Crippen molar-refractivity contribution in [3.63, 3.8) is 0 Å². The molecule has 5 fully saturated rings. The van der Waals surface area contributed by atoms with Crippen LogP contribution in [0, 0.1) is 64.6 Å². The second-order valence-corrected chi connectivity index (χ2v) is 8.94. The highest BCUT2D eigenvalue weighted by molar-refractivity contribution is 5.85. The van der Waals surface area contributed by atoms with Gasteiger partial charge in [-0.25, -0.2) is 0 Å². The molecule has 4 bridgehead atoms. The Labute approximate surface area is 148 Å². The van der Waals surface area contributed by atoms with Crippen LogP contribution in [0.1, 0.15) is 19.3 Å². The third kappa shape index (κ3) is 1.42. The number of carbonyl (C=O) groups is 4. The highest BCUT2D eigenvalue weighted by Gasteiger charge is 2.85. The summed E-state index contributed by atoms with van der Waals surface area (Å²) in [6.07, 6.45) is 1.32. The van der Waals surface area contributed by atoms with Gasteiger partial charge in [0.25, 0.3) is 0 Å². The fraction of sp³-hybridized carbons (Fsp3) is 0.778. The first-order valence-electron chi connectivity index (χ1n) is 9.14. The molecule has 8 nitrogen and oxygen atoms in total. The van der Waals surface area contributed by atoms with E-state index in [9.17, 15) is 39.6 Å². The van der Waals surface area contributed by atoms with Crippen LogP contribution in [0.4, 0.5) is 0 Å². The first kappa shape index (κ1) is 16.1. The maximum atomic E-state index is 12.4. The topological polar surface area (TPSA) is 149 Å². The Hall–Kier alpha value is -2.12. The second-order valence-electron chi connectivity index (χ2n) is 8.94. The minimum atomic E-state index is -1.15. The smallest absolute Gasteiger partial charge is 0.310 e. The van der Waals surface area contributed by atoms with Gasteiger partial charge in [0.15, 0.2) is 0 Å². The molecule has 5 aliphatic rings. The molecule has 8 heteroatoms. The van der Waals surface area contributed by atoms with E-state index in [1.165, 1.54) is 0 Å². The molecule has 5 rings (SSSR count). The Morgan fingerprint density at radius 2 is 1.27 bits per heavy atom. The van der Waals surface area contributed by atoms with E-state index in [1.807, 2.05) is 0 Å². The molecule has 5 saturated carbocycles. The number of hydrogen-bond acceptors (Lipinski definition) is 4. The van der Waals surface area contributed by atoms with Gasteiger partial charge in [0.2, 0.25) is 0 Å². The first-order valence-corrected chi connectivity index (χ1v) is 9.14. The summed E-state index contributed by atoms with van der Waals surface area (Å²) in [5.74, 6) is -8.78. The van der Waals surface area contributed by atoms with Crippen molar-refractivity contribution in [1.82, 2.24) is 0 Å². The molecule has 0 amide bonds. The van der Waals surface area contributed by atoms with E-state index < -0.39 is 53.0 Å². The zero-order valence-corrected chi connectivity index (χ0v) is 13.8. The Morgan fingerprint density at radius 1 is 0.692 bits per heavy atom. The number of carboxylic acid groups (broad SMARTS) is 4. The van der Waals surface area contributed by atoms with Gasteiger partial charge in [0.05, 0.1) is 23.2 Å². The van der Waals surface area contributed by atoms with Crippen LogP contribution < -0.4 is 0 Å². The minimum Gasteiger partial charge on any atom is -0.481 e. The third-order valence-electron chi connectivity index (χ3n) is 8.75.